The highest BCUT2D eigenvalue weighted by atomic mass is 32.2. The maximum atomic E-state index is 13.9. The van der Waals surface area contributed by atoms with Crippen LogP contribution in [0.1, 0.15) is 26.6 Å². The largest absolute Gasteiger partial charge is 0.483 e. The second-order valence-electron chi connectivity index (χ2n) is 7.18. The van der Waals surface area contributed by atoms with Crippen molar-refractivity contribution in [1.29, 1.82) is 0 Å². The standard InChI is InChI=1S/C22H25FN4O2S/c1-15(2)16(3)24-21(28)14-30-22-26-25-20(27(22)17-9-5-4-6-10-17)13-29-19-12-8-7-11-18(19)23/h4-12,15-16H,13-14H2,1-3H3,(H,24,28). The number of benzene rings is 2. The van der Waals surface area contributed by atoms with Crippen LogP contribution < -0.4 is 10.1 Å². The number of ether oxygens (including phenoxy) is 1. The Kier molecular flexibility index (Phi) is 7.46. The van der Waals surface area contributed by atoms with Crippen molar-refractivity contribution >= 4 is 17.7 Å². The van der Waals surface area contributed by atoms with Gasteiger partial charge in [0.1, 0.15) is 6.61 Å². The monoisotopic (exact) mass is 428 g/mol. The van der Waals surface area contributed by atoms with Crippen molar-refractivity contribution in [3.8, 4) is 11.4 Å². The van der Waals surface area contributed by atoms with Crippen LogP contribution in [0.4, 0.5) is 4.39 Å². The number of thioether (sulfide) groups is 1. The summed E-state index contributed by atoms with van der Waals surface area (Å²) in [6.45, 7) is 6.15. The number of nitrogens with zero attached hydrogens (tertiary/aromatic N) is 3. The molecule has 0 aliphatic carbocycles. The molecule has 3 rings (SSSR count). The van der Waals surface area contributed by atoms with Crippen LogP contribution >= 0.6 is 11.8 Å². The summed E-state index contributed by atoms with van der Waals surface area (Å²) in [6, 6.07) is 15.9. The average molecular weight is 429 g/mol. The van der Waals surface area contributed by atoms with Crippen LogP contribution in [-0.2, 0) is 11.4 Å². The third kappa shape index (κ3) is 5.60. The van der Waals surface area contributed by atoms with E-state index in [0.29, 0.717) is 16.9 Å². The van der Waals surface area contributed by atoms with Crippen LogP contribution in [0.15, 0.2) is 59.8 Å². The SMILES string of the molecule is CC(C)C(C)NC(=O)CSc1nnc(COc2ccccc2F)n1-c1ccccc1. The highest BCUT2D eigenvalue weighted by molar-refractivity contribution is 7.99. The van der Waals surface area contributed by atoms with Gasteiger partial charge < -0.3 is 10.1 Å². The first-order chi connectivity index (χ1) is 14.5. The van der Waals surface area contributed by atoms with Gasteiger partial charge in [0.15, 0.2) is 22.5 Å². The van der Waals surface area contributed by atoms with E-state index in [-0.39, 0.29) is 30.1 Å². The van der Waals surface area contributed by atoms with Crippen LogP contribution in [0, 0.1) is 11.7 Å². The fraction of sp³-hybridized carbons (Fsp3) is 0.318. The zero-order chi connectivity index (χ0) is 21.5. The molecular formula is C22H25FN4O2S. The molecule has 1 unspecified atom stereocenters. The van der Waals surface area contributed by atoms with Gasteiger partial charge in [-0.15, -0.1) is 10.2 Å². The maximum absolute atomic E-state index is 13.9. The van der Waals surface area contributed by atoms with E-state index in [1.165, 1.54) is 17.8 Å². The Morgan fingerprint density at radius 1 is 1.10 bits per heavy atom. The summed E-state index contributed by atoms with van der Waals surface area (Å²) < 4.78 is 21.3. The summed E-state index contributed by atoms with van der Waals surface area (Å²) in [5.41, 5.74) is 0.841. The number of amides is 1. The second-order valence-corrected chi connectivity index (χ2v) is 8.12. The first kappa shape index (κ1) is 21.8. The van der Waals surface area contributed by atoms with Crippen molar-refractivity contribution in [2.24, 2.45) is 5.92 Å². The molecule has 0 bridgehead atoms. The Bertz CT molecular complexity index is 978. The van der Waals surface area contributed by atoms with E-state index >= 15 is 0 Å². The Labute approximate surface area is 179 Å². The molecule has 30 heavy (non-hydrogen) atoms. The molecular weight excluding hydrogens is 403 g/mol. The molecule has 1 heterocycles. The number of hydrogen-bond acceptors (Lipinski definition) is 5. The van der Waals surface area contributed by atoms with Crippen molar-refractivity contribution in [3.05, 3.63) is 66.2 Å². The van der Waals surface area contributed by atoms with E-state index in [4.69, 9.17) is 4.74 Å². The van der Waals surface area contributed by atoms with Gasteiger partial charge in [-0.2, -0.15) is 0 Å². The molecule has 1 amide bonds. The number of carbonyl (C=O) groups is 1. The molecule has 2 aromatic carbocycles. The molecule has 0 saturated carbocycles. The predicted molar refractivity (Wildman–Crippen MR) is 115 cm³/mol. The highest BCUT2D eigenvalue weighted by Crippen LogP contribution is 2.24. The Morgan fingerprint density at radius 3 is 2.50 bits per heavy atom. The van der Waals surface area contributed by atoms with Gasteiger partial charge in [-0.05, 0) is 37.1 Å². The lowest BCUT2D eigenvalue weighted by Gasteiger charge is -2.17. The summed E-state index contributed by atoms with van der Waals surface area (Å²) in [7, 11) is 0. The van der Waals surface area contributed by atoms with Gasteiger partial charge in [-0.25, -0.2) is 4.39 Å². The molecule has 158 valence electrons. The van der Waals surface area contributed by atoms with Gasteiger partial charge in [0.2, 0.25) is 5.91 Å². The molecule has 0 radical (unpaired) electrons. The van der Waals surface area contributed by atoms with Gasteiger partial charge >= 0.3 is 0 Å². The number of rotatable bonds is 9. The van der Waals surface area contributed by atoms with E-state index in [1.54, 1.807) is 18.2 Å². The van der Waals surface area contributed by atoms with Gasteiger partial charge in [0.25, 0.3) is 0 Å². The smallest absolute Gasteiger partial charge is 0.230 e. The second kappa shape index (κ2) is 10.2. The van der Waals surface area contributed by atoms with Crippen molar-refractivity contribution < 1.29 is 13.9 Å². The molecule has 0 aliphatic rings. The van der Waals surface area contributed by atoms with Gasteiger partial charge in [0.05, 0.1) is 5.75 Å². The summed E-state index contributed by atoms with van der Waals surface area (Å²) in [5, 5.41) is 12.0. The molecule has 6 nitrogen and oxygen atoms in total. The van der Waals surface area contributed by atoms with Gasteiger partial charge in [-0.1, -0.05) is 55.9 Å². The van der Waals surface area contributed by atoms with Crippen molar-refractivity contribution in [3.63, 3.8) is 0 Å². The first-order valence-electron chi connectivity index (χ1n) is 9.75. The number of halogens is 1. The third-order valence-corrected chi connectivity index (χ3v) is 5.56. The van der Waals surface area contributed by atoms with E-state index in [2.05, 4.69) is 29.4 Å². The van der Waals surface area contributed by atoms with Crippen LogP contribution in [0.5, 0.6) is 5.75 Å². The lowest BCUT2D eigenvalue weighted by molar-refractivity contribution is -0.119. The Balaban J connectivity index is 1.77. The van der Waals surface area contributed by atoms with Crippen molar-refractivity contribution in [2.75, 3.05) is 5.75 Å². The van der Waals surface area contributed by atoms with Crippen LogP contribution in [0.3, 0.4) is 0 Å². The minimum atomic E-state index is -0.436. The molecule has 1 atom stereocenters. The zero-order valence-corrected chi connectivity index (χ0v) is 18.0. The van der Waals surface area contributed by atoms with Gasteiger partial charge in [-0.3, -0.25) is 9.36 Å². The highest BCUT2D eigenvalue weighted by Gasteiger charge is 2.18. The van der Waals surface area contributed by atoms with Crippen molar-refractivity contribution in [1.82, 2.24) is 20.1 Å². The summed E-state index contributed by atoms with van der Waals surface area (Å²) in [4.78, 5) is 12.3. The number of carbonyl (C=O) groups excluding carboxylic acids is 1. The lowest BCUT2D eigenvalue weighted by atomic mass is 10.1. The topological polar surface area (TPSA) is 69.0 Å². The number of hydrogen-bond donors (Lipinski definition) is 1. The number of para-hydroxylation sites is 2. The van der Waals surface area contributed by atoms with Crippen LogP contribution in [0.2, 0.25) is 0 Å². The molecule has 3 aromatic rings. The fourth-order valence-corrected chi connectivity index (χ4v) is 3.40. The molecule has 1 N–H and O–H groups in total. The molecule has 0 saturated heterocycles. The van der Waals surface area contributed by atoms with E-state index in [1.807, 2.05) is 41.8 Å². The van der Waals surface area contributed by atoms with Crippen LogP contribution in [-0.4, -0.2) is 32.5 Å². The maximum Gasteiger partial charge on any atom is 0.230 e. The summed E-state index contributed by atoms with van der Waals surface area (Å²) in [5.74, 6) is 0.742. The number of nitrogens with one attached hydrogen (secondary N) is 1. The third-order valence-electron chi connectivity index (χ3n) is 4.63. The quantitative estimate of drug-likeness (QED) is 0.517. The van der Waals surface area contributed by atoms with E-state index < -0.39 is 5.82 Å². The van der Waals surface area contributed by atoms with E-state index in [9.17, 15) is 9.18 Å². The first-order valence-corrected chi connectivity index (χ1v) is 10.7. The molecule has 1 aromatic heterocycles. The minimum Gasteiger partial charge on any atom is -0.483 e. The van der Waals surface area contributed by atoms with Crippen LogP contribution in [0.25, 0.3) is 5.69 Å². The molecule has 0 spiro atoms. The predicted octanol–water partition coefficient (Wildman–Crippen LogP) is 4.24. The normalized spacial score (nSPS) is 12.0. The summed E-state index contributed by atoms with van der Waals surface area (Å²) in [6.07, 6.45) is 0. The Hall–Kier alpha value is -2.87. The number of aromatic nitrogens is 3. The van der Waals surface area contributed by atoms with E-state index in [0.717, 1.165) is 5.69 Å². The van der Waals surface area contributed by atoms with Gasteiger partial charge in [0, 0.05) is 11.7 Å². The minimum absolute atomic E-state index is 0.0416. The van der Waals surface area contributed by atoms with Crippen molar-refractivity contribution in [2.45, 2.75) is 38.6 Å². The molecule has 0 aliphatic heterocycles. The molecule has 0 fully saturated rings. The summed E-state index contributed by atoms with van der Waals surface area (Å²) >= 11 is 1.30. The lowest BCUT2D eigenvalue weighted by Crippen LogP contribution is -2.37. The molecule has 8 heteroatoms. The average Bonchev–Trinajstić information content (AvgIpc) is 3.15. The zero-order valence-electron chi connectivity index (χ0n) is 17.2. The Morgan fingerprint density at radius 2 is 1.80 bits per heavy atom. The fourth-order valence-electron chi connectivity index (χ4n) is 2.62.